The van der Waals surface area contributed by atoms with E-state index >= 15 is 0 Å². The normalized spacial score (nSPS) is 15.8. The molecule has 1 aromatic heterocycles. The van der Waals surface area contributed by atoms with Crippen molar-refractivity contribution in [2.75, 3.05) is 44.2 Å². The summed E-state index contributed by atoms with van der Waals surface area (Å²) in [6.45, 7) is 4.33. The third-order valence-corrected chi connectivity index (χ3v) is 6.67. The number of anilines is 1. The van der Waals surface area contributed by atoms with E-state index in [-0.39, 0.29) is 55.2 Å². The summed E-state index contributed by atoms with van der Waals surface area (Å²) in [6.07, 6.45) is -1.47. The molecule has 5 rings (SSSR count). The molecule has 1 fully saturated rings. The zero-order valence-corrected chi connectivity index (χ0v) is 22.5. The zero-order valence-electron chi connectivity index (χ0n) is 20.8. The summed E-state index contributed by atoms with van der Waals surface area (Å²) in [5.74, 6) is 0.0965. The van der Waals surface area contributed by atoms with E-state index < -0.39 is 11.7 Å². The fourth-order valence-corrected chi connectivity index (χ4v) is 4.75. The number of nitriles is 1. The predicted octanol–water partition coefficient (Wildman–Crippen LogP) is 4.67. The summed E-state index contributed by atoms with van der Waals surface area (Å²) in [7, 11) is 0. The highest BCUT2D eigenvalue weighted by Gasteiger charge is 2.33. The first-order valence-electron chi connectivity index (χ1n) is 12.0. The number of hydrogen-bond donors (Lipinski definition) is 0. The van der Waals surface area contributed by atoms with Gasteiger partial charge in [-0.25, -0.2) is 4.68 Å². The van der Waals surface area contributed by atoms with Crippen molar-refractivity contribution in [1.82, 2.24) is 19.6 Å². The van der Waals surface area contributed by atoms with Crippen LogP contribution in [0.1, 0.15) is 22.3 Å². The molecule has 0 N–H and O–H groups in total. The number of amides is 1. The van der Waals surface area contributed by atoms with Crippen molar-refractivity contribution >= 4 is 42.2 Å². The Kier molecular flexibility index (Phi) is 9.80. The lowest BCUT2D eigenvalue weighted by Gasteiger charge is -2.36. The Morgan fingerprint density at radius 1 is 0.974 bits per heavy atom. The average Bonchev–Trinajstić information content (AvgIpc) is 3.34. The first-order valence-corrected chi connectivity index (χ1v) is 12.0. The molecule has 0 aliphatic carbocycles. The molecule has 39 heavy (non-hydrogen) atoms. The fraction of sp³-hybridized carbons (Fsp3) is 0.296. The van der Waals surface area contributed by atoms with Gasteiger partial charge in [0.05, 0.1) is 24.0 Å². The van der Waals surface area contributed by atoms with Crippen LogP contribution in [0.4, 0.5) is 19.0 Å². The number of halogens is 5. The molecule has 0 unspecified atom stereocenters. The van der Waals surface area contributed by atoms with Gasteiger partial charge in [-0.05, 0) is 23.8 Å². The first-order chi connectivity index (χ1) is 17.8. The van der Waals surface area contributed by atoms with Crippen LogP contribution in [0.2, 0.25) is 0 Å². The molecule has 0 atom stereocenters. The number of carbonyl (C=O) groups is 1. The molecule has 12 heteroatoms. The van der Waals surface area contributed by atoms with Gasteiger partial charge in [-0.15, -0.1) is 24.8 Å². The van der Waals surface area contributed by atoms with E-state index in [4.69, 9.17) is 0 Å². The minimum absolute atomic E-state index is 0. The van der Waals surface area contributed by atoms with Crippen LogP contribution in [-0.2, 0) is 17.5 Å². The Balaban J connectivity index is 0.00000210. The fourth-order valence-electron chi connectivity index (χ4n) is 4.75. The summed E-state index contributed by atoms with van der Waals surface area (Å²) >= 11 is 0. The molecule has 2 aliphatic heterocycles. The lowest BCUT2D eigenvalue weighted by Crippen LogP contribution is -2.50. The van der Waals surface area contributed by atoms with E-state index in [1.54, 1.807) is 12.1 Å². The number of rotatable bonds is 5. The summed E-state index contributed by atoms with van der Waals surface area (Å²) in [5, 5.41) is 13.9. The molecule has 2 aliphatic rings. The van der Waals surface area contributed by atoms with Gasteiger partial charge in [-0.1, -0.05) is 42.5 Å². The maximum atomic E-state index is 13.3. The molecule has 206 valence electrons. The van der Waals surface area contributed by atoms with Gasteiger partial charge in [0.1, 0.15) is 11.6 Å². The molecule has 3 heterocycles. The predicted molar refractivity (Wildman–Crippen MR) is 147 cm³/mol. The van der Waals surface area contributed by atoms with Crippen LogP contribution in [0, 0.1) is 11.3 Å². The Hall–Kier alpha value is -3.36. The van der Waals surface area contributed by atoms with Crippen molar-refractivity contribution in [2.45, 2.75) is 12.7 Å². The Morgan fingerprint density at radius 2 is 1.67 bits per heavy atom. The Labute approximate surface area is 236 Å². The monoisotopic (exact) mass is 578 g/mol. The number of carbonyl (C=O) groups excluding carboxylic acids is 1. The molecule has 0 radical (unpaired) electrons. The number of aromatic nitrogens is 2. The largest absolute Gasteiger partial charge is 0.416 e. The molecule has 7 nitrogen and oxygen atoms in total. The lowest BCUT2D eigenvalue weighted by atomic mass is 10.1. The second-order valence-electron chi connectivity index (χ2n) is 9.12. The third kappa shape index (κ3) is 6.62. The Bertz CT molecular complexity index is 1360. The van der Waals surface area contributed by atoms with Crippen LogP contribution in [0.3, 0.4) is 0 Å². The van der Waals surface area contributed by atoms with E-state index in [2.05, 4.69) is 33.1 Å². The van der Waals surface area contributed by atoms with Crippen molar-refractivity contribution in [3.8, 4) is 6.07 Å². The minimum Gasteiger partial charge on any atom is -0.297 e. The number of nitrogens with zero attached hydrogens (tertiary/aromatic N) is 6. The third-order valence-electron chi connectivity index (χ3n) is 6.67. The molecule has 0 bridgehead atoms. The van der Waals surface area contributed by atoms with E-state index in [0.717, 1.165) is 44.9 Å². The molecule has 2 aromatic carbocycles. The van der Waals surface area contributed by atoms with Crippen molar-refractivity contribution in [3.05, 3.63) is 89.1 Å². The van der Waals surface area contributed by atoms with Gasteiger partial charge in [0.25, 0.3) is 0 Å². The van der Waals surface area contributed by atoms with Crippen LogP contribution in [-0.4, -0.2) is 64.8 Å². The van der Waals surface area contributed by atoms with Gasteiger partial charge in [0.15, 0.2) is 5.82 Å². The van der Waals surface area contributed by atoms with Crippen LogP contribution in [0.5, 0.6) is 0 Å². The summed E-state index contributed by atoms with van der Waals surface area (Å²) < 4.78 is 41.2. The molecule has 1 saturated heterocycles. The van der Waals surface area contributed by atoms with Gasteiger partial charge in [-0.3, -0.25) is 19.5 Å². The second kappa shape index (κ2) is 12.7. The van der Waals surface area contributed by atoms with Gasteiger partial charge >= 0.3 is 6.18 Å². The highest BCUT2D eigenvalue weighted by molar-refractivity contribution is 5.97. The topological polar surface area (TPSA) is 68.4 Å². The maximum Gasteiger partial charge on any atom is 0.416 e. The molecule has 1 amide bonds. The van der Waals surface area contributed by atoms with Crippen molar-refractivity contribution < 1.29 is 18.0 Å². The van der Waals surface area contributed by atoms with Crippen molar-refractivity contribution in [1.29, 1.82) is 5.26 Å². The minimum atomic E-state index is -4.48. The maximum absolute atomic E-state index is 13.3. The van der Waals surface area contributed by atoms with Gasteiger partial charge in [0.2, 0.25) is 5.91 Å². The number of fused-ring (bicyclic) bond motifs is 1. The summed E-state index contributed by atoms with van der Waals surface area (Å²) in [5.41, 5.74) is 1.39. The molecule has 0 saturated carbocycles. The molecular formula is C27H27Cl2F3N6O. The Morgan fingerprint density at radius 3 is 2.33 bits per heavy atom. The van der Waals surface area contributed by atoms with Crippen molar-refractivity contribution in [3.63, 3.8) is 0 Å². The second-order valence-corrected chi connectivity index (χ2v) is 9.12. The van der Waals surface area contributed by atoms with E-state index in [1.807, 2.05) is 18.2 Å². The van der Waals surface area contributed by atoms with Gasteiger partial charge in [0, 0.05) is 44.8 Å². The van der Waals surface area contributed by atoms with Crippen LogP contribution >= 0.6 is 24.8 Å². The number of alkyl halides is 3. The SMILES string of the molecule is Cl.Cl.N#Cc1cnn2c1N(C(=O)CN1CCN(Cc3ccccc3)CC1)CC=C2c1cccc(C(F)(F)F)c1. The van der Waals surface area contributed by atoms with Gasteiger partial charge in [-0.2, -0.15) is 23.5 Å². The molecule has 3 aromatic rings. The van der Waals surface area contributed by atoms with Crippen LogP contribution in [0.25, 0.3) is 5.70 Å². The van der Waals surface area contributed by atoms with E-state index in [9.17, 15) is 23.2 Å². The van der Waals surface area contributed by atoms with Crippen molar-refractivity contribution in [2.24, 2.45) is 0 Å². The molecular weight excluding hydrogens is 552 g/mol. The highest BCUT2D eigenvalue weighted by Crippen LogP contribution is 2.34. The first kappa shape index (κ1) is 30.2. The summed E-state index contributed by atoms with van der Waals surface area (Å²) in [4.78, 5) is 19.3. The average molecular weight is 579 g/mol. The number of piperazine rings is 1. The van der Waals surface area contributed by atoms with Crippen LogP contribution < -0.4 is 4.90 Å². The standard InChI is InChI=1S/C27H25F3N6O.2ClH/c28-27(29,30)23-8-4-7-21(15-23)24-9-10-35(26-22(16-31)17-32-36(24)26)25(37)19-34-13-11-33(12-14-34)18-20-5-2-1-3-6-20;;/h1-9,15,17H,10-14,18-19H2;2*1H. The quantitative estimate of drug-likeness (QED) is 0.440. The summed E-state index contributed by atoms with van der Waals surface area (Å²) in [6, 6.07) is 17.3. The lowest BCUT2D eigenvalue weighted by molar-refractivity contribution is -0.137. The number of hydrogen-bond acceptors (Lipinski definition) is 5. The molecule has 0 spiro atoms. The smallest absolute Gasteiger partial charge is 0.297 e. The van der Waals surface area contributed by atoms with E-state index in [1.165, 1.54) is 27.4 Å². The van der Waals surface area contributed by atoms with Gasteiger partial charge < -0.3 is 0 Å². The zero-order chi connectivity index (χ0) is 26.0. The van der Waals surface area contributed by atoms with E-state index in [0.29, 0.717) is 11.3 Å². The highest BCUT2D eigenvalue weighted by atomic mass is 35.5. The number of benzene rings is 2. The van der Waals surface area contributed by atoms with Crippen LogP contribution in [0.15, 0.2) is 66.9 Å².